The molecule has 0 aliphatic carbocycles. The first-order valence-corrected chi connectivity index (χ1v) is 4.53. The van der Waals surface area contributed by atoms with Crippen LogP contribution in [0.2, 0.25) is 0 Å². The molecule has 0 aliphatic heterocycles. The minimum atomic E-state index is 0.606. The smallest absolute Gasteiger partial charge is 0.237 e. The lowest BCUT2D eigenvalue weighted by molar-refractivity contribution is -0.600. The topological polar surface area (TPSA) is 52.7 Å². The molecule has 0 bridgehead atoms. The van der Waals surface area contributed by atoms with Crippen molar-refractivity contribution in [1.29, 1.82) is 0 Å². The van der Waals surface area contributed by atoms with E-state index in [1.807, 2.05) is 6.07 Å². The van der Waals surface area contributed by atoms with E-state index in [0.717, 1.165) is 9.61 Å². The molecule has 66 valence electrons. The fraction of sp³-hybridized carbons (Fsp3) is 0.125. The molecule has 13 heavy (non-hydrogen) atoms. The maximum Gasteiger partial charge on any atom is 0.237 e. The molecular formula is C8H7N3OS. The Labute approximate surface area is 79.2 Å². The lowest BCUT2D eigenvalue weighted by atomic mass is 10.3. The lowest BCUT2D eigenvalue weighted by Crippen LogP contribution is -2.32. The van der Waals surface area contributed by atoms with Crippen molar-refractivity contribution in [2.75, 3.05) is 0 Å². The van der Waals surface area contributed by atoms with Crippen molar-refractivity contribution < 1.29 is 4.73 Å². The SMILES string of the molecule is Cc1cccc(-c2cnns2)[n+]1[O-]. The van der Waals surface area contributed by atoms with E-state index in [9.17, 15) is 5.21 Å². The summed E-state index contributed by atoms with van der Waals surface area (Å²) in [7, 11) is 0. The van der Waals surface area contributed by atoms with Gasteiger partial charge in [-0.05, 0) is 17.6 Å². The van der Waals surface area contributed by atoms with E-state index in [1.165, 1.54) is 11.5 Å². The van der Waals surface area contributed by atoms with Crippen LogP contribution in [0.15, 0.2) is 24.4 Å². The molecule has 0 N–H and O–H groups in total. The van der Waals surface area contributed by atoms with Crippen LogP contribution >= 0.6 is 11.5 Å². The van der Waals surface area contributed by atoms with E-state index < -0.39 is 0 Å². The second kappa shape index (κ2) is 3.10. The average Bonchev–Trinajstić information content (AvgIpc) is 2.62. The summed E-state index contributed by atoms with van der Waals surface area (Å²) in [6, 6.07) is 5.37. The quantitative estimate of drug-likeness (QED) is 0.504. The molecular weight excluding hydrogens is 186 g/mol. The van der Waals surface area contributed by atoms with Crippen LogP contribution in [0.4, 0.5) is 0 Å². The number of hydrogen-bond acceptors (Lipinski definition) is 4. The Hall–Kier alpha value is -1.49. The van der Waals surface area contributed by atoms with Crippen molar-refractivity contribution in [3.05, 3.63) is 35.3 Å². The first kappa shape index (κ1) is 8.12. The van der Waals surface area contributed by atoms with Crippen molar-refractivity contribution in [1.82, 2.24) is 9.59 Å². The fourth-order valence-corrected chi connectivity index (χ4v) is 1.59. The van der Waals surface area contributed by atoms with Gasteiger partial charge in [0.15, 0.2) is 5.69 Å². The molecule has 2 aromatic heterocycles. The van der Waals surface area contributed by atoms with E-state index in [0.29, 0.717) is 11.4 Å². The normalized spacial score (nSPS) is 10.2. The van der Waals surface area contributed by atoms with Gasteiger partial charge < -0.3 is 5.21 Å². The maximum atomic E-state index is 11.5. The van der Waals surface area contributed by atoms with Gasteiger partial charge in [0, 0.05) is 19.1 Å². The third kappa shape index (κ3) is 1.38. The minimum absolute atomic E-state index is 0.606. The Balaban J connectivity index is 2.59. The molecule has 0 aromatic carbocycles. The van der Waals surface area contributed by atoms with Gasteiger partial charge in [-0.15, -0.1) is 5.10 Å². The number of nitrogens with zero attached hydrogens (tertiary/aromatic N) is 3. The Morgan fingerprint density at radius 3 is 3.00 bits per heavy atom. The number of aryl methyl sites for hydroxylation is 1. The number of aromatic nitrogens is 3. The van der Waals surface area contributed by atoms with Gasteiger partial charge in [0.2, 0.25) is 5.69 Å². The molecule has 0 radical (unpaired) electrons. The summed E-state index contributed by atoms with van der Waals surface area (Å²) in [6.07, 6.45) is 1.59. The Morgan fingerprint density at radius 1 is 1.46 bits per heavy atom. The molecule has 0 spiro atoms. The molecule has 0 aliphatic rings. The average molecular weight is 193 g/mol. The van der Waals surface area contributed by atoms with Crippen LogP contribution in [-0.2, 0) is 0 Å². The highest BCUT2D eigenvalue weighted by Crippen LogP contribution is 2.17. The zero-order chi connectivity index (χ0) is 9.26. The van der Waals surface area contributed by atoms with Crippen LogP contribution in [-0.4, -0.2) is 9.59 Å². The van der Waals surface area contributed by atoms with E-state index in [1.54, 1.807) is 25.3 Å². The van der Waals surface area contributed by atoms with Crippen LogP contribution in [0.1, 0.15) is 5.69 Å². The molecule has 0 amide bonds. The van der Waals surface area contributed by atoms with Gasteiger partial charge in [-0.3, -0.25) is 0 Å². The first-order chi connectivity index (χ1) is 6.29. The summed E-state index contributed by atoms with van der Waals surface area (Å²) >= 11 is 1.22. The molecule has 5 heteroatoms. The number of hydrogen-bond donors (Lipinski definition) is 0. The van der Waals surface area contributed by atoms with E-state index >= 15 is 0 Å². The van der Waals surface area contributed by atoms with E-state index in [2.05, 4.69) is 9.59 Å². The third-order valence-corrected chi connectivity index (χ3v) is 2.43. The standard InChI is InChI=1S/C8H7N3OS/c1-6-3-2-4-7(11(6)12)8-5-9-10-13-8/h2-5H,1H3. The highest BCUT2D eigenvalue weighted by Gasteiger charge is 2.11. The molecule has 2 heterocycles. The largest absolute Gasteiger partial charge is 0.618 e. The van der Waals surface area contributed by atoms with E-state index in [4.69, 9.17) is 0 Å². The summed E-state index contributed by atoms with van der Waals surface area (Å²) in [5, 5.41) is 15.2. The van der Waals surface area contributed by atoms with Crippen LogP contribution in [0.25, 0.3) is 10.6 Å². The zero-order valence-corrected chi connectivity index (χ0v) is 7.78. The van der Waals surface area contributed by atoms with Crippen molar-refractivity contribution in [2.24, 2.45) is 0 Å². The number of pyridine rings is 1. The van der Waals surface area contributed by atoms with Gasteiger partial charge in [-0.25, -0.2) is 0 Å². The van der Waals surface area contributed by atoms with Gasteiger partial charge in [0.1, 0.15) is 4.88 Å². The van der Waals surface area contributed by atoms with Crippen LogP contribution in [0.3, 0.4) is 0 Å². The maximum absolute atomic E-state index is 11.5. The highest BCUT2D eigenvalue weighted by molar-refractivity contribution is 7.09. The summed E-state index contributed by atoms with van der Waals surface area (Å²) < 4.78 is 4.59. The van der Waals surface area contributed by atoms with Crippen molar-refractivity contribution in [2.45, 2.75) is 6.92 Å². The predicted molar refractivity (Wildman–Crippen MR) is 49.0 cm³/mol. The second-order valence-corrected chi connectivity index (χ2v) is 3.41. The fourth-order valence-electron chi connectivity index (χ4n) is 1.07. The Morgan fingerprint density at radius 2 is 2.31 bits per heavy atom. The molecule has 0 unspecified atom stereocenters. The molecule has 0 saturated heterocycles. The van der Waals surface area contributed by atoms with Gasteiger partial charge >= 0.3 is 0 Å². The monoisotopic (exact) mass is 193 g/mol. The zero-order valence-electron chi connectivity index (χ0n) is 6.97. The Bertz CT molecular complexity index is 413. The van der Waals surface area contributed by atoms with Crippen LogP contribution < -0.4 is 4.73 Å². The minimum Gasteiger partial charge on any atom is -0.618 e. The third-order valence-electron chi connectivity index (χ3n) is 1.74. The lowest BCUT2D eigenvalue weighted by Gasteiger charge is -2.03. The van der Waals surface area contributed by atoms with Gasteiger partial charge in [-0.1, -0.05) is 4.49 Å². The van der Waals surface area contributed by atoms with Gasteiger partial charge in [0.05, 0.1) is 6.20 Å². The summed E-state index contributed by atoms with van der Waals surface area (Å²) in [4.78, 5) is 0.790. The molecule has 0 atom stereocenters. The molecule has 2 aromatic rings. The van der Waals surface area contributed by atoms with E-state index in [-0.39, 0.29) is 0 Å². The molecule has 0 fully saturated rings. The second-order valence-electron chi connectivity index (χ2n) is 2.63. The Kier molecular flexibility index (Phi) is 1.94. The molecule has 2 rings (SSSR count). The van der Waals surface area contributed by atoms with Gasteiger partial charge in [-0.2, -0.15) is 4.73 Å². The number of rotatable bonds is 1. The molecule has 0 saturated carbocycles. The first-order valence-electron chi connectivity index (χ1n) is 3.76. The van der Waals surface area contributed by atoms with Crippen molar-refractivity contribution in [3.8, 4) is 10.6 Å². The predicted octanol–water partition coefficient (Wildman–Crippen LogP) is 1.15. The highest BCUT2D eigenvalue weighted by atomic mass is 32.1. The van der Waals surface area contributed by atoms with Crippen LogP contribution in [0, 0.1) is 12.1 Å². The summed E-state index contributed by atoms with van der Waals surface area (Å²) in [5.41, 5.74) is 1.28. The summed E-state index contributed by atoms with van der Waals surface area (Å²) in [5.74, 6) is 0. The summed E-state index contributed by atoms with van der Waals surface area (Å²) in [6.45, 7) is 1.77. The van der Waals surface area contributed by atoms with Crippen molar-refractivity contribution >= 4 is 11.5 Å². The van der Waals surface area contributed by atoms with Crippen LogP contribution in [0.5, 0.6) is 0 Å². The molecule has 4 nitrogen and oxygen atoms in total. The van der Waals surface area contributed by atoms with Gasteiger partial charge in [0.25, 0.3) is 0 Å². The van der Waals surface area contributed by atoms with Crippen molar-refractivity contribution in [3.63, 3.8) is 0 Å².